The van der Waals surface area contributed by atoms with Gasteiger partial charge in [0.2, 0.25) is 0 Å². The lowest BCUT2D eigenvalue weighted by molar-refractivity contribution is -0.109. The summed E-state index contributed by atoms with van der Waals surface area (Å²) in [5.41, 5.74) is 5.71. The largest absolute Gasteiger partial charge is 0.497 e. The summed E-state index contributed by atoms with van der Waals surface area (Å²) in [5.74, 6) is 1.37. The van der Waals surface area contributed by atoms with Crippen LogP contribution in [0.5, 0.6) is 11.5 Å². The van der Waals surface area contributed by atoms with E-state index in [1.54, 1.807) is 14.2 Å². The zero-order valence-electron chi connectivity index (χ0n) is 28.1. The first-order valence-electron chi connectivity index (χ1n) is 16.7. The van der Waals surface area contributed by atoms with Gasteiger partial charge in [0, 0.05) is 11.1 Å². The van der Waals surface area contributed by atoms with Crippen LogP contribution < -0.4 is 9.47 Å². The molecule has 254 valence electrons. The molecule has 6 rings (SSSR count). The van der Waals surface area contributed by atoms with Crippen LogP contribution in [0.4, 0.5) is 0 Å². The van der Waals surface area contributed by atoms with E-state index in [1.165, 1.54) is 0 Å². The minimum absolute atomic E-state index is 0.244. The lowest BCUT2D eigenvalue weighted by Crippen LogP contribution is -2.22. The van der Waals surface area contributed by atoms with Gasteiger partial charge in [-0.2, -0.15) is 0 Å². The normalized spacial score (nSPS) is 21.2. The van der Waals surface area contributed by atoms with E-state index in [2.05, 4.69) is 48.5 Å². The van der Waals surface area contributed by atoms with Crippen molar-refractivity contribution in [3.05, 3.63) is 167 Å². The first-order valence-corrected chi connectivity index (χ1v) is 16.7. The predicted octanol–water partition coefficient (Wildman–Crippen LogP) is 8.77. The summed E-state index contributed by atoms with van der Waals surface area (Å²) in [6.07, 6.45) is -1.63. The molecule has 0 unspecified atom stereocenters. The van der Waals surface area contributed by atoms with Gasteiger partial charge in [0.1, 0.15) is 35.9 Å². The highest BCUT2D eigenvalue weighted by Gasteiger charge is 2.30. The van der Waals surface area contributed by atoms with Crippen molar-refractivity contribution in [2.75, 3.05) is 40.6 Å². The second-order valence-corrected chi connectivity index (χ2v) is 11.8. The average Bonchev–Trinajstić information content (AvgIpc) is 3.16. The number of rotatable bonds is 6. The molecule has 1 aliphatic heterocycles. The van der Waals surface area contributed by atoms with Gasteiger partial charge in [0.15, 0.2) is 0 Å². The summed E-state index contributed by atoms with van der Waals surface area (Å²) in [7, 11) is 3.34. The van der Waals surface area contributed by atoms with Crippen molar-refractivity contribution in [2.24, 2.45) is 0 Å². The number of hydrogen-bond donors (Lipinski definition) is 0. The van der Waals surface area contributed by atoms with E-state index in [0.717, 1.165) is 33.4 Å². The Morgan fingerprint density at radius 2 is 0.776 bits per heavy atom. The zero-order chi connectivity index (χ0) is 33.7. The van der Waals surface area contributed by atoms with Gasteiger partial charge in [-0.1, -0.05) is 121 Å². The third-order valence-electron chi connectivity index (χ3n) is 8.61. The molecule has 1 heterocycles. The van der Waals surface area contributed by atoms with Crippen molar-refractivity contribution >= 4 is 0 Å². The third-order valence-corrected chi connectivity index (χ3v) is 8.61. The first kappa shape index (κ1) is 34.4. The Bertz CT molecular complexity index is 1560. The van der Waals surface area contributed by atoms with E-state index in [9.17, 15) is 0 Å². The van der Waals surface area contributed by atoms with Gasteiger partial charge in [-0.25, -0.2) is 0 Å². The molecule has 0 N–H and O–H groups in total. The Kier molecular flexibility index (Phi) is 12.5. The van der Waals surface area contributed by atoms with Crippen molar-refractivity contribution < 1.29 is 33.2 Å². The highest BCUT2D eigenvalue weighted by molar-refractivity contribution is 5.47. The van der Waals surface area contributed by atoms with Crippen molar-refractivity contribution in [1.82, 2.24) is 0 Å². The molecule has 1 aliphatic rings. The fourth-order valence-electron chi connectivity index (χ4n) is 6.25. The summed E-state index contributed by atoms with van der Waals surface area (Å²) < 4.78 is 44.7. The maximum atomic E-state index is 6.82. The molecule has 0 aliphatic carbocycles. The van der Waals surface area contributed by atoms with Gasteiger partial charge >= 0.3 is 0 Å². The van der Waals surface area contributed by atoms with Crippen LogP contribution in [0.3, 0.4) is 0 Å². The maximum absolute atomic E-state index is 6.82. The Labute approximate surface area is 289 Å². The predicted molar refractivity (Wildman–Crippen MR) is 189 cm³/mol. The van der Waals surface area contributed by atoms with Gasteiger partial charge in [-0.15, -0.1) is 0 Å². The number of fused-ring (bicyclic) bond motifs is 2. The second kappa shape index (κ2) is 17.8. The van der Waals surface area contributed by atoms with Crippen LogP contribution in [0.15, 0.2) is 133 Å². The van der Waals surface area contributed by atoms with Crippen molar-refractivity contribution in [3.8, 4) is 11.5 Å². The number of hydrogen-bond acceptors (Lipinski definition) is 7. The molecule has 0 saturated carbocycles. The standard InChI is InChI=1S/C42H44O7/c1-43-37-27-35-29-48-41(33-19-11-5-12-20-33)39(31-15-7-3-8-16-31)46-25-23-45-24-26-47-40(32-17-9-4-10-18-32)42(34-21-13-6-14-22-34)49-30-36(28-37)38(35)44-2/h3-22,27-28,39-42H,23-26,29-30H2,1-2H3/t39-,40-,41-,42-/m0/s1. The van der Waals surface area contributed by atoms with Gasteiger partial charge in [0.05, 0.1) is 53.9 Å². The highest BCUT2D eigenvalue weighted by atomic mass is 16.6. The van der Waals surface area contributed by atoms with E-state index in [-0.39, 0.29) is 13.2 Å². The van der Waals surface area contributed by atoms with E-state index in [0.29, 0.717) is 37.9 Å². The van der Waals surface area contributed by atoms with Gasteiger partial charge in [-0.3, -0.25) is 0 Å². The maximum Gasteiger partial charge on any atom is 0.130 e. The number of ether oxygens (including phenoxy) is 7. The molecule has 0 radical (unpaired) electrons. The Morgan fingerprint density at radius 3 is 1.10 bits per heavy atom. The molecule has 2 bridgehead atoms. The fourth-order valence-corrected chi connectivity index (χ4v) is 6.25. The summed E-state index contributed by atoms with van der Waals surface area (Å²) in [4.78, 5) is 0. The quantitative estimate of drug-likeness (QED) is 0.180. The fraction of sp³-hybridized carbons (Fsp3) is 0.286. The topological polar surface area (TPSA) is 64.6 Å². The molecule has 0 amide bonds. The van der Waals surface area contributed by atoms with Crippen LogP contribution in [-0.4, -0.2) is 40.6 Å². The van der Waals surface area contributed by atoms with Crippen LogP contribution in [0.2, 0.25) is 0 Å². The molecule has 0 saturated heterocycles. The van der Waals surface area contributed by atoms with Crippen molar-refractivity contribution in [2.45, 2.75) is 37.6 Å². The zero-order valence-corrected chi connectivity index (χ0v) is 28.1. The minimum atomic E-state index is -0.421. The molecular formula is C42H44O7. The highest BCUT2D eigenvalue weighted by Crippen LogP contribution is 2.40. The summed E-state index contributed by atoms with van der Waals surface area (Å²) in [6.45, 7) is 2.03. The van der Waals surface area contributed by atoms with Crippen LogP contribution in [0, 0.1) is 0 Å². The number of benzene rings is 5. The van der Waals surface area contributed by atoms with Crippen molar-refractivity contribution in [3.63, 3.8) is 0 Å². The van der Waals surface area contributed by atoms with Crippen LogP contribution in [0.25, 0.3) is 0 Å². The smallest absolute Gasteiger partial charge is 0.130 e. The lowest BCUT2D eigenvalue weighted by atomic mass is 9.97. The molecule has 5 aromatic rings. The van der Waals surface area contributed by atoms with Crippen LogP contribution in [0.1, 0.15) is 57.8 Å². The molecule has 0 aromatic heterocycles. The van der Waals surface area contributed by atoms with E-state index in [4.69, 9.17) is 33.2 Å². The molecule has 0 spiro atoms. The Balaban J connectivity index is 1.39. The molecule has 5 aromatic carbocycles. The summed E-state index contributed by atoms with van der Waals surface area (Å²) in [5, 5.41) is 0. The molecule has 49 heavy (non-hydrogen) atoms. The van der Waals surface area contributed by atoms with E-state index in [1.807, 2.05) is 84.9 Å². The summed E-state index contributed by atoms with van der Waals surface area (Å²) >= 11 is 0. The van der Waals surface area contributed by atoms with Crippen LogP contribution in [-0.2, 0) is 36.9 Å². The Morgan fingerprint density at radius 1 is 0.429 bits per heavy atom. The van der Waals surface area contributed by atoms with E-state index >= 15 is 0 Å². The molecule has 7 heteroatoms. The monoisotopic (exact) mass is 660 g/mol. The van der Waals surface area contributed by atoms with Gasteiger partial charge < -0.3 is 33.2 Å². The molecule has 4 atom stereocenters. The molecular weight excluding hydrogens is 616 g/mol. The Hall–Kier alpha value is -4.50. The van der Waals surface area contributed by atoms with Gasteiger partial charge in [-0.05, 0) is 34.4 Å². The minimum Gasteiger partial charge on any atom is -0.497 e. The van der Waals surface area contributed by atoms with E-state index < -0.39 is 24.4 Å². The SMILES string of the molecule is COc1cc2c(OC)c(c1)CO[C@@H](c1ccccc1)[C@H](c1ccccc1)OCCOCCO[C@@H](c1ccccc1)[C@H](c1ccccc1)OC2. The molecule has 7 nitrogen and oxygen atoms in total. The third kappa shape index (κ3) is 8.95. The lowest BCUT2D eigenvalue weighted by Gasteiger charge is -2.30. The first-order chi connectivity index (χ1) is 24.2. The van der Waals surface area contributed by atoms with Crippen molar-refractivity contribution in [1.29, 1.82) is 0 Å². The van der Waals surface area contributed by atoms with Gasteiger partial charge in [0.25, 0.3) is 0 Å². The average molecular weight is 661 g/mol. The number of methoxy groups -OCH3 is 2. The van der Waals surface area contributed by atoms with Crippen LogP contribution >= 0.6 is 0 Å². The second-order valence-electron chi connectivity index (χ2n) is 11.8. The summed E-state index contributed by atoms with van der Waals surface area (Å²) in [6, 6.07) is 44.6. The molecule has 0 fully saturated rings.